The van der Waals surface area contributed by atoms with Gasteiger partial charge in [-0.05, 0) is 57.6 Å². The van der Waals surface area contributed by atoms with Gasteiger partial charge in [0.2, 0.25) is 0 Å². The molecule has 0 aliphatic carbocycles. The second-order valence-corrected chi connectivity index (χ2v) is 9.04. The Hall–Kier alpha value is -2.34. The van der Waals surface area contributed by atoms with Gasteiger partial charge >= 0.3 is 0 Å². The van der Waals surface area contributed by atoms with Crippen LogP contribution in [0.4, 0.5) is 5.69 Å². The lowest BCUT2D eigenvalue weighted by molar-refractivity contribution is -0.120. The summed E-state index contributed by atoms with van der Waals surface area (Å²) in [6.07, 6.45) is 1.86. The van der Waals surface area contributed by atoms with Crippen molar-refractivity contribution in [2.75, 3.05) is 32.1 Å². The van der Waals surface area contributed by atoms with Gasteiger partial charge < -0.3 is 9.80 Å². The second kappa shape index (κ2) is 8.65. The van der Waals surface area contributed by atoms with Crippen molar-refractivity contribution < 1.29 is 9.59 Å². The van der Waals surface area contributed by atoms with Crippen LogP contribution in [0.2, 0.25) is 10.0 Å². The summed E-state index contributed by atoms with van der Waals surface area (Å²) in [6, 6.07) is 12.8. The molecule has 0 N–H and O–H groups in total. The maximum Gasteiger partial charge on any atom is 0.282 e. The Balaban J connectivity index is 1.81. The topological polar surface area (TPSA) is 43.9 Å². The van der Waals surface area contributed by atoms with E-state index < -0.39 is 0 Å². The average Bonchev–Trinajstić information content (AvgIpc) is 3.01. The summed E-state index contributed by atoms with van der Waals surface area (Å²) in [6.45, 7) is 3.89. The smallest absolute Gasteiger partial charge is 0.282 e. The number of aryl methyl sites for hydroxylation is 1. The van der Waals surface area contributed by atoms with Gasteiger partial charge in [0, 0.05) is 13.1 Å². The van der Waals surface area contributed by atoms with Crippen LogP contribution in [0.5, 0.6) is 0 Å². The fourth-order valence-electron chi connectivity index (χ4n) is 4.27. The predicted octanol–water partition coefficient (Wildman–Crippen LogP) is 4.61. The van der Waals surface area contributed by atoms with Crippen LogP contribution in [0.15, 0.2) is 48.2 Å². The minimum absolute atomic E-state index is 0.179. The number of likely N-dealkylation sites (N-methyl/N-ethyl adjacent to an activating group) is 1. The van der Waals surface area contributed by atoms with Crippen LogP contribution in [0, 0.1) is 6.92 Å². The summed E-state index contributed by atoms with van der Waals surface area (Å²) >= 11 is 12.6. The summed E-state index contributed by atoms with van der Waals surface area (Å²) in [5, 5.41) is 0.492. The molecule has 4 rings (SSSR count). The Labute approximate surface area is 192 Å². The number of piperidine rings is 1. The maximum absolute atomic E-state index is 13.7. The van der Waals surface area contributed by atoms with Crippen molar-refractivity contribution >= 4 is 46.3 Å². The van der Waals surface area contributed by atoms with E-state index in [1.807, 2.05) is 43.1 Å². The Morgan fingerprint density at radius 3 is 2.26 bits per heavy atom. The number of halogens is 2. The summed E-state index contributed by atoms with van der Waals surface area (Å²) in [5.41, 5.74) is 2.93. The molecule has 2 aromatic carbocycles. The fraction of sp³-hybridized carbons (Fsp3) is 0.333. The quantitative estimate of drug-likeness (QED) is 0.628. The highest BCUT2D eigenvalue weighted by molar-refractivity contribution is 6.49. The third-order valence-corrected chi connectivity index (χ3v) is 6.97. The lowest BCUT2D eigenvalue weighted by Gasteiger charge is -2.36. The zero-order chi connectivity index (χ0) is 22.3. The van der Waals surface area contributed by atoms with Gasteiger partial charge in [-0.3, -0.25) is 9.59 Å². The van der Waals surface area contributed by atoms with Crippen LogP contribution >= 0.6 is 23.2 Å². The van der Waals surface area contributed by atoms with Crippen LogP contribution in [0.1, 0.15) is 24.0 Å². The molecule has 0 aromatic heterocycles. The van der Waals surface area contributed by atoms with E-state index in [1.54, 1.807) is 18.2 Å². The fourth-order valence-corrected chi connectivity index (χ4v) is 4.65. The van der Waals surface area contributed by atoms with Gasteiger partial charge in [0.05, 0.1) is 21.3 Å². The Kier molecular flexibility index (Phi) is 6.11. The molecule has 2 aliphatic heterocycles. The first-order chi connectivity index (χ1) is 14.8. The van der Waals surface area contributed by atoms with Gasteiger partial charge in [-0.15, -0.1) is 0 Å². The van der Waals surface area contributed by atoms with E-state index in [0.717, 1.165) is 42.0 Å². The molecular formula is C24H25Cl2N3O2. The molecule has 0 radical (unpaired) electrons. The van der Waals surface area contributed by atoms with E-state index in [9.17, 15) is 9.59 Å². The Morgan fingerprint density at radius 2 is 1.61 bits per heavy atom. The normalized spacial score (nSPS) is 18.3. The molecule has 2 aromatic rings. The Bertz CT molecular complexity index is 1060. The minimum atomic E-state index is -0.382. The maximum atomic E-state index is 13.7. The number of imide groups is 1. The van der Waals surface area contributed by atoms with E-state index in [0.29, 0.717) is 22.0 Å². The van der Waals surface area contributed by atoms with Gasteiger partial charge in [0.1, 0.15) is 5.70 Å². The average molecular weight is 458 g/mol. The molecule has 162 valence electrons. The first-order valence-corrected chi connectivity index (χ1v) is 11.1. The monoisotopic (exact) mass is 457 g/mol. The van der Waals surface area contributed by atoms with Gasteiger partial charge in [0.25, 0.3) is 11.8 Å². The van der Waals surface area contributed by atoms with Crippen LogP contribution in [-0.2, 0) is 9.59 Å². The number of carbonyl (C=O) groups is 2. The molecule has 0 spiro atoms. The van der Waals surface area contributed by atoms with Gasteiger partial charge in [-0.25, -0.2) is 4.90 Å². The highest BCUT2D eigenvalue weighted by Gasteiger charge is 2.44. The third-order valence-electron chi connectivity index (χ3n) is 6.16. The Morgan fingerprint density at radius 1 is 0.968 bits per heavy atom. The predicted molar refractivity (Wildman–Crippen MR) is 125 cm³/mol. The largest absolute Gasteiger partial charge is 0.366 e. The van der Waals surface area contributed by atoms with E-state index in [4.69, 9.17) is 23.2 Å². The van der Waals surface area contributed by atoms with Crippen molar-refractivity contribution in [1.29, 1.82) is 0 Å². The number of benzene rings is 2. The van der Waals surface area contributed by atoms with Crippen molar-refractivity contribution in [2.24, 2.45) is 0 Å². The molecule has 0 unspecified atom stereocenters. The molecule has 1 fully saturated rings. The molecule has 1 saturated heterocycles. The summed E-state index contributed by atoms with van der Waals surface area (Å²) in [5.74, 6) is -0.751. The zero-order valence-electron chi connectivity index (χ0n) is 17.9. The number of carbonyl (C=O) groups excluding carboxylic acids is 2. The van der Waals surface area contributed by atoms with Gasteiger partial charge in [-0.2, -0.15) is 0 Å². The molecule has 5 nitrogen and oxygen atoms in total. The third kappa shape index (κ3) is 3.98. The molecule has 0 saturated carbocycles. The number of hydrogen-bond donors (Lipinski definition) is 0. The highest BCUT2D eigenvalue weighted by atomic mass is 35.5. The van der Waals surface area contributed by atoms with Crippen LogP contribution in [0.25, 0.3) is 5.57 Å². The first kappa shape index (κ1) is 21.9. The highest BCUT2D eigenvalue weighted by Crippen LogP contribution is 2.40. The number of anilines is 1. The SMILES string of the molecule is Cc1ccc(C2=C(N(C)C3CCN(C)CC3)C(=O)N(c3cccc(Cl)c3Cl)C2=O)cc1. The molecular weight excluding hydrogens is 433 g/mol. The van der Waals surface area contributed by atoms with Crippen LogP contribution < -0.4 is 4.90 Å². The number of likely N-dealkylation sites (tertiary alicyclic amines) is 1. The van der Waals surface area contributed by atoms with Crippen LogP contribution in [-0.4, -0.2) is 54.8 Å². The van der Waals surface area contributed by atoms with Crippen molar-refractivity contribution in [3.8, 4) is 0 Å². The van der Waals surface area contributed by atoms with Crippen molar-refractivity contribution in [2.45, 2.75) is 25.8 Å². The molecule has 0 bridgehead atoms. The summed E-state index contributed by atoms with van der Waals surface area (Å²) < 4.78 is 0. The van der Waals surface area contributed by atoms with Crippen molar-refractivity contribution in [3.05, 3.63) is 69.3 Å². The molecule has 0 atom stereocenters. The lowest BCUT2D eigenvalue weighted by atomic mass is 9.99. The van der Waals surface area contributed by atoms with E-state index >= 15 is 0 Å². The van der Waals surface area contributed by atoms with Gasteiger partial charge in [0.15, 0.2) is 0 Å². The standard InChI is InChI=1S/C24H25Cl2N3O2/c1-15-7-9-16(10-8-15)20-22(28(3)17-11-13-27(2)14-12-17)24(31)29(23(20)30)19-6-4-5-18(25)21(19)26/h4-10,17H,11-14H2,1-3H3. The van der Waals surface area contributed by atoms with Crippen LogP contribution in [0.3, 0.4) is 0 Å². The summed E-state index contributed by atoms with van der Waals surface area (Å²) in [4.78, 5) is 32.7. The van der Waals surface area contributed by atoms with Gasteiger partial charge in [-0.1, -0.05) is 59.1 Å². The van der Waals surface area contributed by atoms with E-state index in [-0.39, 0.29) is 22.9 Å². The molecule has 2 amide bonds. The summed E-state index contributed by atoms with van der Waals surface area (Å²) in [7, 11) is 4.01. The van der Waals surface area contributed by atoms with Crippen molar-refractivity contribution in [1.82, 2.24) is 9.80 Å². The lowest BCUT2D eigenvalue weighted by Crippen LogP contribution is -2.43. The number of rotatable bonds is 4. The molecule has 31 heavy (non-hydrogen) atoms. The minimum Gasteiger partial charge on any atom is -0.366 e. The first-order valence-electron chi connectivity index (χ1n) is 10.3. The molecule has 2 heterocycles. The van der Waals surface area contributed by atoms with E-state index in [2.05, 4.69) is 11.9 Å². The zero-order valence-corrected chi connectivity index (χ0v) is 19.4. The number of amides is 2. The number of nitrogens with zero attached hydrogens (tertiary/aromatic N) is 3. The molecule has 2 aliphatic rings. The van der Waals surface area contributed by atoms with Crippen molar-refractivity contribution in [3.63, 3.8) is 0 Å². The van der Waals surface area contributed by atoms with E-state index in [1.165, 1.54) is 0 Å². The molecule has 7 heteroatoms. The second-order valence-electron chi connectivity index (χ2n) is 8.25. The number of hydrogen-bond acceptors (Lipinski definition) is 4.